The molecule has 0 aliphatic carbocycles. The Bertz CT molecular complexity index is 568. The summed E-state index contributed by atoms with van der Waals surface area (Å²) in [6, 6.07) is 9.70. The lowest BCUT2D eigenvalue weighted by molar-refractivity contribution is 0.0524. The highest BCUT2D eigenvalue weighted by Gasteiger charge is 2.14. The second kappa shape index (κ2) is 6.09. The van der Waals surface area contributed by atoms with Gasteiger partial charge in [-0.25, -0.2) is 14.8 Å². The summed E-state index contributed by atoms with van der Waals surface area (Å²) in [5.74, 6) is 0.268. The number of aryl methyl sites for hydroxylation is 1. The molecule has 0 saturated heterocycles. The van der Waals surface area contributed by atoms with Crippen LogP contribution in [0.5, 0.6) is 0 Å². The molecule has 1 aromatic heterocycles. The highest BCUT2D eigenvalue weighted by Crippen LogP contribution is 2.17. The van der Waals surface area contributed by atoms with Crippen LogP contribution >= 0.6 is 0 Å². The number of aromatic nitrogens is 2. The molecule has 0 aliphatic rings. The van der Waals surface area contributed by atoms with Gasteiger partial charge in [-0.3, -0.25) is 0 Å². The van der Waals surface area contributed by atoms with Gasteiger partial charge < -0.3 is 4.74 Å². The Balaban J connectivity index is 2.39. The Morgan fingerprint density at radius 2 is 1.95 bits per heavy atom. The van der Waals surface area contributed by atoms with Gasteiger partial charge in [0, 0.05) is 11.8 Å². The van der Waals surface area contributed by atoms with Crippen molar-refractivity contribution >= 4 is 5.97 Å². The van der Waals surface area contributed by atoms with Gasteiger partial charge in [0.1, 0.15) is 0 Å². The normalized spacial score (nSPS) is 10.2. The Hall–Kier alpha value is -2.23. The monoisotopic (exact) mass is 256 g/mol. The van der Waals surface area contributed by atoms with Gasteiger partial charge in [0.25, 0.3) is 0 Å². The van der Waals surface area contributed by atoms with Gasteiger partial charge in [0.2, 0.25) is 0 Å². The molecule has 0 unspecified atom stereocenters. The molecule has 0 aliphatic heterocycles. The summed E-state index contributed by atoms with van der Waals surface area (Å²) in [5.41, 5.74) is 2.10. The quantitative estimate of drug-likeness (QED) is 0.789. The number of esters is 1. The van der Waals surface area contributed by atoms with Crippen LogP contribution in [0, 0.1) is 0 Å². The number of rotatable bonds is 4. The van der Waals surface area contributed by atoms with E-state index in [0.717, 1.165) is 5.56 Å². The molecule has 1 heterocycles. The van der Waals surface area contributed by atoms with Gasteiger partial charge in [-0.15, -0.1) is 0 Å². The molecule has 2 aromatic rings. The summed E-state index contributed by atoms with van der Waals surface area (Å²) >= 11 is 0. The standard InChI is InChI=1S/C15H16N2O2/c1-3-13-12(15(18)19-4-2)10-16-14(17-13)11-8-6-5-7-9-11/h5-10H,3-4H2,1-2H3. The minimum atomic E-state index is -0.362. The second-order valence-corrected chi connectivity index (χ2v) is 3.99. The van der Waals surface area contributed by atoms with Crippen molar-refractivity contribution in [2.45, 2.75) is 20.3 Å². The molecule has 0 radical (unpaired) electrons. The first kappa shape index (κ1) is 13.2. The van der Waals surface area contributed by atoms with E-state index in [2.05, 4.69) is 9.97 Å². The van der Waals surface area contributed by atoms with Crippen molar-refractivity contribution < 1.29 is 9.53 Å². The molecule has 1 aromatic carbocycles. The van der Waals surface area contributed by atoms with Gasteiger partial charge in [-0.1, -0.05) is 37.3 Å². The number of hydrogen-bond donors (Lipinski definition) is 0. The van der Waals surface area contributed by atoms with Gasteiger partial charge >= 0.3 is 5.97 Å². The van der Waals surface area contributed by atoms with E-state index >= 15 is 0 Å². The molecule has 0 N–H and O–H groups in total. The zero-order chi connectivity index (χ0) is 13.7. The van der Waals surface area contributed by atoms with E-state index in [-0.39, 0.29) is 5.97 Å². The Kier molecular flexibility index (Phi) is 4.23. The largest absolute Gasteiger partial charge is 0.462 e. The molecule has 2 rings (SSSR count). The molecule has 0 saturated carbocycles. The predicted molar refractivity (Wildman–Crippen MR) is 72.8 cm³/mol. The fourth-order valence-corrected chi connectivity index (χ4v) is 1.79. The van der Waals surface area contributed by atoms with Crippen LogP contribution in [0.1, 0.15) is 29.9 Å². The van der Waals surface area contributed by atoms with Crippen molar-refractivity contribution in [2.24, 2.45) is 0 Å². The highest BCUT2D eigenvalue weighted by atomic mass is 16.5. The number of nitrogens with zero attached hydrogens (tertiary/aromatic N) is 2. The zero-order valence-electron chi connectivity index (χ0n) is 11.1. The third kappa shape index (κ3) is 2.96. The smallest absolute Gasteiger partial charge is 0.341 e. The van der Waals surface area contributed by atoms with E-state index < -0.39 is 0 Å². The van der Waals surface area contributed by atoms with Gasteiger partial charge in [0.05, 0.1) is 17.9 Å². The summed E-state index contributed by atoms with van der Waals surface area (Å²) in [5, 5.41) is 0. The van der Waals surface area contributed by atoms with Crippen LogP contribution in [-0.2, 0) is 11.2 Å². The predicted octanol–water partition coefficient (Wildman–Crippen LogP) is 2.88. The molecule has 4 nitrogen and oxygen atoms in total. The summed E-state index contributed by atoms with van der Waals surface area (Å²) in [7, 11) is 0. The lowest BCUT2D eigenvalue weighted by Crippen LogP contribution is -2.10. The van der Waals surface area contributed by atoms with Crippen LogP contribution in [0.2, 0.25) is 0 Å². The van der Waals surface area contributed by atoms with Crippen molar-refractivity contribution in [1.82, 2.24) is 9.97 Å². The van der Waals surface area contributed by atoms with E-state index in [4.69, 9.17) is 4.74 Å². The molecule has 4 heteroatoms. The summed E-state index contributed by atoms with van der Waals surface area (Å²) in [6.07, 6.45) is 2.21. The topological polar surface area (TPSA) is 52.1 Å². The van der Waals surface area contributed by atoms with Crippen LogP contribution in [-0.4, -0.2) is 22.5 Å². The van der Waals surface area contributed by atoms with Crippen LogP contribution < -0.4 is 0 Å². The van der Waals surface area contributed by atoms with Crippen molar-refractivity contribution in [2.75, 3.05) is 6.61 Å². The average molecular weight is 256 g/mol. The minimum Gasteiger partial charge on any atom is -0.462 e. The number of benzene rings is 1. The van der Waals surface area contributed by atoms with E-state index in [9.17, 15) is 4.79 Å². The Morgan fingerprint density at radius 1 is 1.21 bits per heavy atom. The van der Waals surface area contributed by atoms with Crippen molar-refractivity contribution in [3.8, 4) is 11.4 Å². The number of hydrogen-bond acceptors (Lipinski definition) is 4. The summed E-state index contributed by atoms with van der Waals surface area (Å²) in [6.45, 7) is 4.09. The van der Waals surface area contributed by atoms with E-state index in [1.807, 2.05) is 37.3 Å². The van der Waals surface area contributed by atoms with Crippen molar-refractivity contribution in [3.63, 3.8) is 0 Å². The summed E-state index contributed by atoms with van der Waals surface area (Å²) in [4.78, 5) is 20.5. The molecule has 0 fully saturated rings. The third-order valence-electron chi connectivity index (χ3n) is 2.73. The van der Waals surface area contributed by atoms with Gasteiger partial charge in [-0.05, 0) is 13.3 Å². The number of carbonyl (C=O) groups excluding carboxylic acids is 1. The maximum Gasteiger partial charge on any atom is 0.341 e. The second-order valence-electron chi connectivity index (χ2n) is 3.99. The van der Waals surface area contributed by atoms with E-state index in [1.165, 1.54) is 0 Å². The van der Waals surface area contributed by atoms with Crippen LogP contribution in [0.4, 0.5) is 0 Å². The van der Waals surface area contributed by atoms with Gasteiger partial charge in [0.15, 0.2) is 5.82 Å². The number of carbonyl (C=O) groups is 1. The van der Waals surface area contributed by atoms with Crippen LogP contribution in [0.15, 0.2) is 36.5 Å². The average Bonchev–Trinajstić information content (AvgIpc) is 2.47. The third-order valence-corrected chi connectivity index (χ3v) is 2.73. The Morgan fingerprint density at radius 3 is 2.58 bits per heavy atom. The maximum atomic E-state index is 11.8. The van der Waals surface area contributed by atoms with Crippen LogP contribution in [0.3, 0.4) is 0 Å². The molecule has 0 atom stereocenters. The fourth-order valence-electron chi connectivity index (χ4n) is 1.79. The van der Waals surface area contributed by atoms with Crippen LogP contribution in [0.25, 0.3) is 11.4 Å². The lowest BCUT2D eigenvalue weighted by atomic mass is 10.1. The Labute approximate surface area is 112 Å². The SMILES string of the molecule is CCOC(=O)c1cnc(-c2ccccc2)nc1CC. The first-order valence-electron chi connectivity index (χ1n) is 6.34. The molecular weight excluding hydrogens is 240 g/mol. The maximum absolute atomic E-state index is 11.8. The lowest BCUT2D eigenvalue weighted by Gasteiger charge is -2.08. The fraction of sp³-hybridized carbons (Fsp3) is 0.267. The van der Waals surface area contributed by atoms with E-state index in [0.29, 0.717) is 30.1 Å². The molecule has 0 amide bonds. The first-order chi connectivity index (χ1) is 9.26. The first-order valence-corrected chi connectivity index (χ1v) is 6.34. The zero-order valence-corrected chi connectivity index (χ0v) is 11.1. The van der Waals surface area contributed by atoms with Crippen molar-refractivity contribution in [1.29, 1.82) is 0 Å². The molecule has 19 heavy (non-hydrogen) atoms. The molecule has 0 bridgehead atoms. The number of ether oxygens (including phenoxy) is 1. The molecular formula is C15H16N2O2. The highest BCUT2D eigenvalue weighted by molar-refractivity contribution is 5.90. The molecule has 0 spiro atoms. The van der Waals surface area contributed by atoms with E-state index in [1.54, 1.807) is 13.1 Å². The van der Waals surface area contributed by atoms with Gasteiger partial charge in [-0.2, -0.15) is 0 Å². The molecule has 98 valence electrons. The summed E-state index contributed by atoms with van der Waals surface area (Å²) < 4.78 is 5.00. The minimum absolute atomic E-state index is 0.350. The van der Waals surface area contributed by atoms with Crippen molar-refractivity contribution in [3.05, 3.63) is 47.8 Å².